The molecule has 0 bridgehead atoms. The Balaban J connectivity index is 2.69. The molecule has 100 valence electrons. The van der Waals surface area contributed by atoms with E-state index in [1.54, 1.807) is 0 Å². The van der Waals surface area contributed by atoms with Crippen LogP contribution in [0.5, 0.6) is 0 Å². The van der Waals surface area contributed by atoms with Gasteiger partial charge in [-0.2, -0.15) is 0 Å². The van der Waals surface area contributed by atoms with Gasteiger partial charge in [-0.25, -0.2) is 4.79 Å². The number of anilines is 1. The largest absolute Gasteiger partial charge is 0.325 e. The smallest absolute Gasteiger partial charge is 0.321 e. The Labute approximate surface area is 118 Å². The molecular weight excluding hydrogens is 292 g/mol. The second-order valence-electron chi connectivity index (χ2n) is 4.38. The molecule has 1 aromatic rings. The van der Waals surface area contributed by atoms with E-state index in [0.717, 1.165) is 41.7 Å². The first-order valence-electron chi connectivity index (χ1n) is 6.40. The quantitative estimate of drug-likeness (QED) is 0.858. The first kappa shape index (κ1) is 15.0. The van der Waals surface area contributed by atoms with Crippen LogP contribution in [0, 0.1) is 6.92 Å². The van der Waals surface area contributed by atoms with Crippen LogP contribution in [0.4, 0.5) is 10.5 Å². The Morgan fingerprint density at radius 2 is 1.89 bits per heavy atom. The minimum atomic E-state index is -0.0135. The molecule has 0 aliphatic rings. The molecule has 0 saturated heterocycles. The Hall–Kier alpha value is -1.03. The molecule has 0 atom stereocenters. The van der Waals surface area contributed by atoms with Gasteiger partial charge in [0.05, 0.1) is 0 Å². The summed E-state index contributed by atoms with van der Waals surface area (Å²) >= 11 is 3.45. The lowest BCUT2D eigenvalue weighted by Gasteiger charge is -2.22. The number of benzene rings is 1. The van der Waals surface area contributed by atoms with Crippen molar-refractivity contribution in [1.82, 2.24) is 4.90 Å². The summed E-state index contributed by atoms with van der Waals surface area (Å²) in [5.41, 5.74) is 1.96. The number of hydrogen-bond donors (Lipinski definition) is 1. The summed E-state index contributed by atoms with van der Waals surface area (Å²) in [7, 11) is 0. The summed E-state index contributed by atoms with van der Waals surface area (Å²) in [5.74, 6) is 0. The number of nitrogens with one attached hydrogen (secondary N) is 1. The third-order valence-electron chi connectivity index (χ3n) is 2.68. The maximum atomic E-state index is 12.1. The second kappa shape index (κ2) is 7.41. The molecule has 0 spiro atoms. The highest BCUT2D eigenvalue weighted by atomic mass is 79.9. The summed E-state index contributed by atoms with van der Waals surface area (Å²) in [6, 6.07) is 5.82. The van der Waals surface area contributed by atoms with Gasteiger partial charge < -0.3 is 10.2 Å². The van der Waals surface area contributed by atoms with E-state index in [2.05, 4.69) is 35.1 Å². The molecule has 1 N–H and O–H groups in total. The molecule has 0 aliphatic heterocycles. The van der Waals surface area contributed by atoms with E-state index in [9.17, 15) is 4.79 Å². The van der Waals surface area contributed by atoms with E-state index < -0.39 is 0 Å². The van der Waals surface area contributed by atoms with Crippen molar-refractivity contribution in [2.75, 3.05) is 18.4 Å². The molecule has 0 fully saturated rings. The van der Waals surface area contributed by atoms with E-state index in [-0.39, 0.29) is 6.03 Å². The van der Waals surface area contributed by atoms with Gasteiger partial charge in [0, 0.05) is 23.2 Å². The highest BCUT2D eigenvalue weighted by Crippen LogP contribution is 2.20. The number of aryl methyl sites for hydroxylation is 1. The SMILES string of the molecule is CCCN(CCC)C(=O)Nc1ccc(Br)c(C)c1. The maximum Gasteiger partial charge on any atom is 0.321 e. The molecule has 2 amide bonds. The van der Waals surface area contributed by atoms with Gasteiger partial charge in [-0.05, 0) is 43.5 Å². The van der Waals surface area contributed by atoms with Crippen LogP contribution in [-0.2, 0) is 0 Å². The average Bonchev–Trinajstić information content (AvgIpc) is 2.33. The van der Waals surface area contributed by atoms with Crippen LogP contribution in [0.1, 0.15) is 32.3 Å². The molecule has 0 aliphatic carbocycles. The Morgan fingerprint density at radius 1 is 1.28 bits per heavy atom. The third kappa shape index (κ3) is 4.33. The molecule has 1 aromatic carbocycles. The van der Waals surface area contributed by atoms with Crippen LogP contribution in [0.3, 0.4) is 0 Å². The van der Waals surface area contributed by atoms with E-state index in [1.807, 2.05) is 30.0 Å². The first-order chi connectivity index (χ1) is 8.58. The second-order valence-corrected chi connectivity index (χ2v) is 5.24. The topological polar surface area (TPSA) is 32.3 Å². The predicted molar refractivity (Wildman–Crippen MR) is 80.1 cm³/mol. The van der Waals surface area contributed by atoms with Crippen molar-refractivity contribution >= 4 is 27.6 Å². The lowest BCUT2D eigenvalue weighted by Crippen LogP contribution is -2.36. The van der Waals surface area contributed by atoms with E-state index in [1.165, 1.54) is 0 Å². The number of halogens is 1. The minimum Gasteiger partial charge on any atom is -0.325 e. The van der Waals surface area contributed by atoms with Crippen molar-refractivity contribution < 1.29 is 4.79 Å². The number of nitrogens with zero attached hydrogens (tertiary/aromatic N) is 1. The summed E-state index contributed by atoms with van der Waals surface area (Å²) < 4.78 is 1.06. The van der Waals surface area contributed by atoms with Crippen LogP contribution in [0.2, 0.25) is 0 Å². The van der Waals surface area contributed by atoms with Gasteiger partial charge in [0.25, 0.3) is 0 Å². The number of carbonyl (C=O) groups is 1. The number of urea groups is 1. The molecule has 1 rings (SSSR count). The van der Waals surface area contributed by atoms with E-state index >= 15 is 0 Å². The van der Waals surface area contributed by atoms with Gasteiger partial charge in [0.2, 0.25) is 0 Å². The fourth-order valence-corrected chi connectivity index (χ4v) is 2.03. The van der Waals surface area contributed by atoms with Crippen LogP contribution in [0.25, 0.3) is 0 Å². The highest BCUT2D eigenvalue weighted by molar-refractivity contribution is 9.10. The van der Waals surface area contributed by atoms with Gasteiger partial charge in [-0.3, -0.25) is 0 Å². The van der Waals surface area contributed by atoms with Gasteiger partial charge in [0.15, 0.2) is 0 Å². The molecular formula is C14H21BrN2O. The standard InChI is InChI=1S/C14H21BrN2O/c1-4-8-17(9-5-2)14(18)16-12-6-7-13(15)11(3)10-12/h6-7,10H,4-5,8-9H2,1-3H3,(H,16,18). The van der Waals surface area contributed by atoms with Gasteiger partial charge in [-0.15, -0.1) is 0 Å². The summed E-state index contributed by atoms with van der Waals surface area (Å²) in [6.45, 7) is 7.78. The monoisotopic (exact) mass is 312 g/mol. The minimum absolute atomic E-state index is 0.0135. The molecule has 4 heteroatoms. The Kier molecular flexibility index (Phi) is 6.19. The Bertz CT molecular complexity index is 401. The average molecular weight is 313 g/mol. The molecule has 0 saturated carbocycles. The molecule has 0 unspecified atom stereocenters. The van der Waals surface area contributed by atoms with Gasteiger partial charge in [0.1, 0.15) is 0 Å². The van der Waals surface area contributed by atoms with Crippen molar-refractivity contribution in [1.29, 1.82) is 0 Å². The lowest BCUT2D eigenvalue weighted by atomic mass is 10.2. The molecule has 0 radical (unpaired) electrons. The Morgan fingerprint density at radius 3 is 2.39 bits per heavy atom. The van der Waals surface area contributed by atoms with Crippen molar-refractivity contribution in [2.24, 2.45) is 0 Å². The first-order valence-corrected chi connectivity index (χ1v) is 7.19. The van der Waals surface area contributed by atoms with Crippen molar-refractivity contribution in [3.05, 3.63) is 28.2 Å². The number of rotatable bonds is 5. The summed E-state index contributed by atoms with van der Waals surface area (Å²) in [6.07, 6.45) is 1.96. The molecule has 3 nitrogen and oxygen atoms in total. The van der Waals surface area contributed by atoms with Gasteiger partial charge >= 0.3 is 6.03 Å². The zero-order valence-electron chi connectivity index (χ0n) is 11.3. The van der Waals surface area contributed by atoms with E-state index in [4.69, 9.17) is 0 Å². The fraction of sp³-hybridized carbons (Fsp3) is 0.500. The van der Waals surface area contributed by atoms with Gasteiger partial charge in [-0.1, -0.05) is 29.8 Å². The summed E-state index contributed by atoms with van der Waals surface area (Å²) in [4.78, 5) is 14.0. The third-order valence-corrected chi connectivity index (χ3v) is 3.57. The van der Waals surface area contributed by atoms with Crippen molar-refractivity contribution in [3.63, 3.8) is 0 Å². The molecule has 0 heterocycles. The highest BCUT2D eigenvalue weighted by Gasteiger charge is 2.11. The van der Waals surface area contributed by atoms with E-state index in [0.29, 0.717) is 0 Å². The zero-order chi connectivity index (χ0) is 13.5. The van der Waals surface area contributed by atoms with Crippen molar-refractivity contribution in [2.45, 2.75) is 33.6 Å². The van der Waals surface area contributed by atoms with Crippen LogP contribution < -0.4 is 5.32 Å². The van der Waals surface area contributed by atoms with Crippen LogP contribution in [0.15, 0.2) is 22.7 Å². The summed E-state index contributed by atoms with van der Waals surface area (Å²) in [5, 5.41) is 2.95. The lowest BCUT2D eigenvalue weighted by molar-refractivity contribution is 0.211. The number of hydrogen-bond acceptors (Lipinski definition) is 1. The fourth-order valence-electron chi connectivity index (χ4n) is 1.78. The zero-order valence-corrected chi connectivity index (χ0v) is 12.9. The molecule has 18 heavy (non-hydrogen) atoms. The number of carbonyl (C=O) groups excluding carboxylic acids is 1. The maximum absolute atomic E-state index is 12.1. The normalized spacial score (nSPS) is 10.2. The van der Waals surface area contributed by atoms with Crippen LogP contribution in [-0.4, -0.2) is 24.0 Å². The van der Waals surface area contributed by atoms with Crippen LogP contribution >= 0.6 is 15.9 Å². The van der Waals surface area contributed by atoms with Crippen molar-refractivity contribution in [3.8, 4) is 0 Å². The predicted octanol–water partition coefficient (Wildman–Crippen LogP) is 4.41. The molecule has 0 aromatic heterocycles. The number of amides is 2.